The van der Waals surface area contributed by atoms with Crippen molar-refractivity contribution in [1.29, 1.82) is 0 Å². The number of ether oxygens (including phenoxy) is 2. The smallest absolute Gasteiger partial charge is 0.357 e. The summed E-state index contributed by atoms with van der Waals surface area (Å²) in [5.74, 6) is -0.421. The van der Waals surface area contributed by atoms with E-state index in [0.29, 0.717) is 11.5 Å². The molecule has 9 heteroatoms. The standard InChI is InChI=1S/C21H19N3O6/c1-23(10-13-12-29-16-8-4-5-9-17(16)30-13)18(25)11-24-20(26)15-7-3-2-6-14(15)19(22-24)21(27)28/h2-9,13H,10-12H2,1H3,(H,27,28). The largest absolute Gasteiger partial charge is 0.486 e. The van der Waals surface area contributed by atoms with Crippen LogP contribution in [-0.2, 0) is 11.3 Å². The highest BCUT2D eigenvalue weighted by Gasteiger charge is 2.24. The quantitative estimate of drug-likeness (QED) is 0.678. The molecule has 0 spiro atoms. The summed E-state index contributed by atoms with van der Waals surface area (Å²) in [6.45, 7) is 0.137. The Labute approximate surface area is 171 Å². The molecule has 154 valence electrons. The molecule has 0 saturated carbocycles. The normalized spacial score (nSPS) is 15.0. The Kier molecular flexibility index (Phi) is 5.09. The lowest BCUT2D eigenvalue weighted by Crippen LogP contribution is -2.44. The van der Waals surface area contributed by atoms with Crippen LogP contribution in [0.3, 0.4) is 0 Å². The fourth-order valence-electron chi connectivity index (χ4n) is 3.31. The van der Waals surface area contributed by atoms with Crippen LogP contribution in [0, 0.1) is 0 Å². The number of aromatic nitrogens is 2. The van der Waals surface area contributed by atoms with Crippen LogP contribution in [0.4, 0.5) is 0 Å². The van der Waals surface area contributed by atoms with Crippen LogP contribution in [0.15, 0.2) is 53.3 Å². The van der Waals surface area contributed by atoms with Gasteiger partial charge in [-0.2, -0.15) is 5.10 Å². The SMILES string of the molecule is CN(CC1COc2ccccc2O1)C(=O)Cn1nc(C(=O)O)c2ccccc2c1=O. The van der Waals surface area contributed by atoms with Crippen LogP contribution < -0.4 is 15.0 Å². The number of rotatable bonds is 5. The third-order valence-electron chi connectivity index (χ3n) is 4.83. The second-order valence-electron chi connectivity index (χ2n) is 6.93. The summed E-state index contributed by atoms with van der Waals surface area (Å²) in [6.07, 6.45) is -0.371. The molecule has 0 fully saturated rings. The zero-order valence-corrected chi connectivity index (χ0v) is 16.1. The Hall–Kier alpha value is -3.88. The first-order chi connectivity index (χ1) is 14.4. The van der Waals surface area contributed by atoms with Crippen molar-refractivity contribution in [2.75, 3.05) is 20.2 Å². The van der Waals surface area contributed by atoms with Crippen molar-refractivity contribution in [1.82, 2.24) is 14.7 Å². The molecule has 30 heavy (non-hydrogen) atoms. The average Bonchev–Trinajstić information content (AvgIpc) is 2.75. The minimum Gasteiger partial charge on any atom is -0.486 e. The number of carboxylic acids is 1. The maximum absolute atomic E-state index is 12.7. The van der Waals surface area contributed by atoms with E-state index >= 15 is 0 Å². The zero-order valence-electron chi connectivity index (χ0n) is 16.1. The van der Waals surface area contributed by atoms with Gasteiger partial charge >= 0.3 is 5.97 Å². The summed E-state index contributed by atoms with van der Waals surface area (Å²) in [6, 6.07) is 13.6. The number of likely N-dealkylation sites (N-methyl/N-ethyl adjacent to an activating group) is 1. The third kappa shape index (κ3) is 3.69. The van der Waals surface area contributed by atoms with Gasteiger partial charge in [0.25, 0.3) is 5.56 Å². The van der Waals surface area contributed by atoms with Gasteiger partial charge in [0, 0.05) is 12.4 Å². The molecule has 1 atom stereocenters. The van der Waals surface area contributed by atoms with E-state index < -0.39 is 17.4 Å². The van der Waals surface area contributed by atoms with Gasteiger partial charge in [-0.3, -0.25) is 9.59 Å². The van der Waals surface area contributed by atoms with Crippen molar-refractivity contribution >= 4 is 22.6 Å². The fourth-order valence-corrected chi connectivity index (χ4v) is 3.31. The fraction of sp³-hybridized carbons (Fsp3) is 0.238. The lowest BCUT2D eigenvalue weighted by molar-refractivity contribution is -0.132. The summed E-state index contributed by atoms with van der Waals surface area (Å²) in [4.78, 5) is 38.3. The Morgan fingerprint density at radius 3 is 2.53 bits per heavy atom. The van der Waals surface area contributed by atoms with Crippen molar-refractivity contribution in [3.63, 3.8) is 0 Å². The minimum atomic E-state index is -1.27. The first-order valence-corrected chi connectivity index (χ1v) is 9.29. The monoisotopic (exact) mass is 409 g/mol. The maximum atomic E-state index is 12.7. The van der Waals surface area contributed by atoms with E-state index in [9.17, 15) is 19.5 Å². The topological polar surface area (TPSA) is 111 Å². The van der Waals surface area contributed by atoms with E-state index in [4.69, 9.17) is 9.47 Å². The molecule has 1 aliphatic heterocycles. The van der Waals surface area contributed by atoms with Crippen molar-refractivity contribution in [3.05, 3.63) is 64.6 Å². The maximum Gasteiger partial charge on any atom is 0.357 e. The number of aromatic carboxylic acids is 1. The number of carboxylic acid groups (broad SMARTS) is 1. The van der Waals surface area contributed by atoms with Gasteiger partial charge in [0.05, 0.1) is 11.9 Å². The molecule has 1 N–H and O–H groups in total. The van der Waals surface area contributed by atoms with Crippen LogP contribution in [0.25, 0.3) is 10.8 Å². The van der Waals surface area contributed by atoms with Crippen LogP contribution in [0.5, 0.6) is 11.5 Å². The Morgan fingerprint density at radius 2 is 1.80 bits per heavy atom. The molecule has 1 aliphatic rings. The molecular weight excluding hydrogens is 390 g/mol. The average molecular weight is 409 g/mol. The van der Waals surface area contributed by atoms with Crippen molar-refractivity contribution in [3.8, 4) is 11.5 Å². The molecular formula is C21H19N3O6. The molecule has 0 saturated heterocycles. The predicted octanol–water partition coefficient (Wildman–Crippen LogP) is 1.39. The Morgan fingerprint density at radius 1 is 1.13 bits per heavy atom. The minimum absolute atomic E-state index is 0.195. The molecule has 9 nitrogen and oxygen atoms in total. The number of nitrogens with zero attached hydrogens (tertiary/aromatic N) is 3. The van der Waals surface area contributed by atoms with Crippen molar-refractivity contribution < 1.29 is 24.2 Å². The zero-order chi connectivity index (χ0) is 21.3. The van der Waals surface area contributed by atoms with E-state index in [2.05, 4.69) is 5.10 Å². The van der Waals surface area contributed by atoms with Crippen LogP contribution in [-0.4, -0.2) is 58.0 Å². The van der Waals surface area contributed by atoms with Gasteiger partial charge in [0.1, 0.15) is 13.2 Å². The summed E-state index contributed by atoms with van der Waals surface area (Å²) in [5, 5.41) is 13.8. The number of carbonyl (C=O) groups is 2. The first kappa shape index (κ1) is 19.4. The molecule has 0 bridgehead atoms. The number of benzene rings is 2. The number of para-hydroxylation sites is 2. The molecule has 2 heterocycles. The van der Waals surface area contributed by atoms with E-state index in [1.807, 2.05) is 12.1 Å². The van der Waals surface area contributed by atoms with Gasteiger partial charge in [-0.1, -0.05) is 30.3 Å². The van der Waals surface area contributed by atoms with Gasteiger partial charge in [-0.05, 0) is 18.2 Å². The summed E-state index contributed by atoms with van der Waals surface area (Å²) < 4.78 is 12.4. The number of fused-ring (bicyclic) bond motifs is 2. The number of amides is 1. The lowest BCUT2D eigenvalue weighted by atomic mass is 10.1. The van der Waals surface area contributed by atoms with E-state index in [-0.39, 0.29) is 42.3 Å². The van der Waals surface area contributed by atoms with Crippen LogP contribution >= 0.6 is 0 Å². The van der Waals surface area contributed by atoms with Crippen molar-refractivity contribution in [2.45, 2.75) is 12.6 Å². The van der Waals surface area contributed by atoms with Gasteiger partial charge in [-0.25, -0.2) is 9.48 Å². The van der Waals surface area contributed by atoms with E-state index in [1.165, 1.54) is 17.0 Å². The number of hydrogen-bond donors (Lipinski definition) is 1. The number of hydrogen-bond acceptors (Lipinski definition) is 6. The van der Waals surface area contributed by atoms with E-state index in [1.54, 1.807) is 31.3 Å². The van der Waals surface area contributed by atoms with Gasteiger partial charge in [0.15, 0.2) is 23.3 Å². The Bertz CT molecular complexity index is 1190. The molecule has 3 aromatic rings. The van der Waals surface area contributed by atoms with Gasteiger partial charge < -0.3 is 19.5 Å². The van der Waals surface area contributed by atoms with Gasteiger partial charge in [0.2, 0.25) is 5.91 Å². The summed E-state index contributed by atoms with van der Waals surface area (Å²) in [5.41, 5.74) is -0.801. The molecule has 4 rings (SSSR count). The van der Waals surface area contributed by atoms with Crippen LogP contribution in [0.1, 0.15) is 10.5 Å². The Balaban J connectivity index is 1.51. The third-order valence-corrected chi connectivity index (χ3v) is 4.83. The molecule has 1 aromatic heterocycles. The van der Waals surface area contributed by atoms with Crippen LogP contribution in [0.2, 0.25) is 0 Å². The highest BCUT2D eigenvalue weighted by Crippen LogP contribution is 2.30. The molecule has 0 radical (unpaired) electrons. The predicted molar refractivity (Wildman–Crippen MR) is 107 cm³/mol. The molecule has 2 aromatic carbocycles. The highest BCUT2D eigenvalue weighted by atomic mass is 16.6. The molecule has 1 amide bonds. The van der Waals surface area contributed by atoms with Gasteiger partial charge in [-0.15, -0.1) is 0 Å². The highest BCUT2D eigenvalue weighted by molar-refractivity contribution is 6.01. The second kappa shape index (κ2) is 7.86. The van der Waals surface area contributed by atoms with E-state index in [0.717, 1.165) is 4.68 Å². The molecule has 1 unspecified atom stereocenters. The number of carbonyl (C=O) groups excluding carboxylic acids is 1. The summed E-state index contributed by atoms with van der Waals surface area (Å²) in [7, 11) is 1.58. The van der Waals surface area contributed by atoms with Crippen molar-refractivity contribution in [2.24, 2.45) is 0 Å². The first-order valence-electron chi connectivity index (χ1n) is 9.29. The summed E-state index contributed by atoms with van der Waals surface area (Å²) >= 11 is 0. The second-order valence-corrected chi connectivity index (χ2v) is 6.93. The lowest BCUT2D eigenvalue weighted by Gasteiger charge is -2.29. The molecule has 0 aliphatic carbocycles.